The molecule has 3 nitrogen and oxygen atoms in total. The molecule has 1 heterocycles. The standard InChI is InChI=1S/C15H17BrN2O/c1-11(16)4-2-9-18-15(19)13-6-7-14-12(10-13)5-3-8-17-14/h3,5-8,10-11H,2,4,9H2,1H3,(H,18,19). The molecule has 0 saturated heterocycles. The van der Waals surface area contributed by atoms with Gasteiger partial charge in [0, 0.05) is 28.5 Å². The van der Waals surface area contributed by atoms with E-state index in [2.05, 4.69) is 33.2 Å². The number of alkyl halides is 1. The van der Waals surface area contributed by atoms with Gasteiger partial charge in [0.05, 0.1) is 5.52 Å². The fourth-order valence-corrected chi connectivity index (χ4v) is 2.23. The van der Waals surface area contributed by atoms with Crippen molar-refractivity contribution in [2.45, 2.75) is 24.6 Å². The predicted octanol–water partition coefficient (Wildman–Crippen LogP) is 3.53. The molecular formula is C15H17BrN2O. The van der Waals surface area contributed by atoms with Crippen LogP contribution in [-0.4, -0.2) is 22.3 Å². The smallest absolute Gasteiger partial charge is 0.251 e. The normalized spacial score (nSPS) is 12.3. The van der Waals surface area contributed by atoms with Crippen LogP contribution in [0.1, 0.15) is 30.1 Å². The van der Waals surface area contributed by atoms with Crippen LogP contribution in [0.25, 0.3) is 10.9 Å². The van der Waals surface area contributed by atoms with E-state index in [0.717, 1.165) is 23.7 Å². The molecular weight excluding hydrogens is 304 g/mol. The van der Waals surface area contributed by atoms with Crippen LogP contribution in [0.5, 0.6) is 0 Å². The van der Waals surface area contributed by atoms with Crippen molar-refractivity contribution < 1.29 is 4.79 Å². The number of hydrogen-bond donors (Lipinski definition) is 1. The molecule has 100 valence electrons. The molecule has 0 aliphatic rings. The zero-order valence-electron chi connectivity index (χ0n) is 10.9. The molecule has 1 amide bonds. The topological polar surface area (TPSA) is 42.0 Å². The Bertz CT molecular complexity index is 569. The average Bonchev–Trinajstić information content (AvgIpc) is 2.42. The number of rotatable bonds is 5. The van der Waals surface area contributed by atoms with Gasteiger partial charge in [0.25, 0.3) is 5.91 Å². The lowest BCUT2D eigenvalue weighted by atomic mass is 10.1. The maximum atomic E-state index is 12.0. The van der Waals surface area contributed by atoms with Gasteiger partial charge in [-0.3, -0.25) is 9.78 Å². The van der Waals surface area contributed by atoms with Crippen LogP contribution in [-0.2, 0) is 0 Å². The summed E-state index contributed by atoms with van der Waals surface area (Å²) in [6, 6.07) is 9.42. The maximum Gasteiger partial charge on any atom is 0.251 e. The summed E-state index contributed by atoms with van der Waals surface area (Å²) in [7, 11) is 0. The van der Waals surface area contributed by atoms with Crippen molar-refractivity contribution in [2.24, 2.45) is 0 Å². The van der Waals surface area contributed by atoms with Crippen molar-refractivity contribution in [3.05, 3.63) is 42.1 Å². The molecule has 0 bridgehead atoms. The monoisotopic (exact) mass is 320 g/mol. The number of halogens is 1. The fraction of sp³-hybridized carbons (Fsp3) is 0.333. The first kappa shape index (κ1) is 14.0. The Kier molecular flexibility index (Phi) is 4.91. The summed E-state index contributed by atoms with van der Waals surface area (Å²) in [4.78, 5) is 16.7. The number of nitrogens with zero attached hydrogens (tertiary/aromatic N) is 1. The number of fused-ring (bicyclic) bond motifs is 1. The molecule has 0 radical (unpaired) electrons. The number of nitrogens with one attached hydrogen (secondary N) is 1. The first-order valence-electron chi connectivity index (χ1n) is 6.44. The summed E-state index contributed by atoms with van der Waals surface area (Å²) in [6.07, 6.45) is 3.79. The molecule has 0 spiro atoms. The minimum Gasteiger partial charge on any atom is -0.352 e. The molecule has 1 aromatic heterocycles. The molecule has 0 saturated carbocycles. The molecule has 0 aliphatic heterocycles. The van der Waals surface area contributed by atoms with E-state index < -0.39 is 0 Å². The third kappa shape index (κ3) is 4.03. The number of aromatic nitrogens is 1. The van der Waals surface area contributed by atoms with Gasteiger partial charge in [-0.25, -0.2) is 0 Å². The van der Waals surface area contributed by atoms with Gasteiger partial charge in [-0.05, 0) is 37.1 Å². The second kappa shape index (κ2) is 6.66. The highest BCUT2D eigenvalue weighted by Crippen LogP contribution is 2.13. The summed E-state index contributed by atoms with van der Waals surface area (Å²) in [5.74, 6) is -0.0204. The quantitative estimate of drug-likeness (QED) is 0.676. The molecule has 0 fully saturated rings. The predicted molar refractivity (Wildman–Crippen MR) is 81.7 cm³/mol. The Balaban J connectivity index is 1.97. The highest BCUT2D eigenvalue weighted by molar-refractivity contribution is 9.09. The summed E-state index contributed by atoms with van der Waals surface area (Å²) in [6.45, 7) is 2.82. The van der Waals surface area contributed by atoms with E-state index in [4.69, 9.17) is 0 Å². The number of amides is 1. The van der Waals surface area contributed by atoms with Crippen LogP contribution in [0.3, 0.4) is 0 Å². The Morgan fingerprint density at radius 3 is 3.05 bits per heavy atom. The molecule has 1 unspecified atom stereocenters. The summed E-state index contributed by atoms with van der Waals surface area (Å²) < 4.78 is 0. The van der Waals surface area contributed by atoms with Gasteiger partial charge in [0.2, 0.25) is 0 Å². The van der Waals surface area contributed by atoms with E-state index in [1.807, 2.05) is 30.3 Å². The number of carbonyl (C=O) groups is 1. The lowest BCUT2D eigenvalue weighted by molar-refractivity contribution is 0.0953. The third-order valence-electron chi connectivity index (χ3n) is 2.93. The molecule has 1 aromatic carbocycles. The zero-order valence-corrected chi connectivity index (χ0v) is 12.5. The second-order valence-corrected chi connectivity index (χ2v) is 6.15. The molecule has 1 N–H and O–H groups in total. The highest BCUT2D eigenvalue weighted by Gasteiger charge is 2.06. The number of benzene rings is 1. The SMILES string of the molecule is CC(Br)CCCNC(=O)c1ccc2ncccc2c1. The third-order valence-corrected chi connectivity index (χ3v) is 3.39. The Morgan fingerprint density at radius 1 is 1.42 bits per heavy atom. The molecule has 0 aliphatic carbocycles. The minimum absolute atomic E-state index is 0.0204. The fourth-order valence-electron chi connectivity index (χ4n) is 1.90. The van der Waals surface area contributed by atoms with Crippen molar-refractivity contribution in [2.75, 3.05) is 6.54 Å². The Hall–Kier alpha value is -1.42. The number of pyridine rings is 1. The van der Waals surface area contributed by atoms with Gasteiger partial charge in [0.1, 0.15) is 0 Å². The lowest BCUT2D eigenvalue weighted by Gasteiger charge is -2.07. The summed E-state index contributed by atoms with van der Waals surface area (Å²) in [5, 5.41) is 3.93. The van der Waals surface area contributed by atoms with Crippen molar-refractivity contribution in [3.8, 4) is 0 Å². The molecule has 4 heteroatoms. The Labute approximate surface area is 121 Å². The van der Waals surface area contributed by atoms with Gasteiger partial charge in [-0.1, -0.05) is 28.9 Å². The second-order valence-electron chi connectivity index (χ2n) is 4.59. The van der Waals surface area contributed by atoms with Crippen molar-refractivity contribution in [1.29, 1.82) is 0 Å². The van der Waals surface area contributed by atoms with E-state index in [1.165, 1.54) is 0 Å². The molecule has 1 atom stereocenters. The zero-order chi connectivity index (χ0) is 13.7. The van der Waals surface area contributed by atoms with E-state index in [0.29, 0.717) is 16.9 Å². The minimum atomic E-state index is -0.0204. The first-order chi connectivity index (χ1) is 9.16. The number of carbonyl (C=O) groups excluding carboxylic acids is 1. The first-order valence-corrected chi connectivity index (χ1v) is 7.35. The van der Waals surface area contributed by atoms with Gasteiger partial charge in [-0.15, -0.1) is 0 Å². The van der Waals surface area contributed by atoms with Gasteiger partial charge < -0.3 is 5.32 Å². The summed E-state index contributed by atoms with van der Waals surface area (Å²) >= 11 is 3.49. The molecule has 2 aromatic rings. The van der Waals surface area contributed by atoms with Crippen LogP contribution in [0.15, 0.2) is 36.5 Å². The molecule has 2 rings (SSSR count). The van der Waals surface area contributed by atoms with Gasteiger partial charge in [-0.2, -0.15) is 0 Å². The summed E-state index contributed by atoms with van der Waals surface area (Å²) in [5.41, 5.74) is 1.60. The van der Waals surface area contributed by atoms with Crippen molar-refractivity contribution in [3.63, 3.8) is 0 Å². The lowest BCUT2D eigenvalue weighted by Crippen LogP contribution is -2.24. The molecule has 19 heavy (non-hydrogen) atoms. The van der Waals surface area contributed by atoms with Crippen LogP contribution in [0, 0.1) is 0 Å². The van der Waals surface area contributed by atoms with Gasteiger partial charge >= 0.3 is 0 Å². The average molecular weight is 321 g/mol. The van der Waals surface area contributed by atoms with Crippen LogP contribution < -0.4 is 5.32 Å². The van der Waals surface area contributed by atoms with E-state index in [1.54, 1.807) is 6.20 Å². The van der Waals surface area contributed by atoms with E-state index in [-0.39, 0.29) is 5.91 Å². The van der Waals surface area contributed by atoms with Crippen LogP contribution in [0.4, 0.5) is 0 Å². The van der Waals surface area contributed by atoms with Crippen LogP contribution in [0.2, 0.25) is 0 Å². The maximum absolute atomic E-state index is 12.0. The van der Waals surface area contributed by atoms with E-state index in [9.17, 15) is 4.79 Å². The highest BCUT2D eigenvalue weighted by atomic mass is 79.9. The number of hydrogen-bond acceptors (Lipinski definition) is 2. The van der Waals surface area contributed by atoms with Crippen molar-refractivity contribution in [1.82, 2.24) is 10.3 Å². The Morgan fingerprint density at radius 2 is 2.26 bits per heavy atom. The van der Waals surface area contributed by atoms with E-state index >= 15 is 0 Å². The van der Waals surface area contributed by atoms with Crippen molar-refractivity contribution >= 4 is 32.7 Å². The van der Waals surface area contributed by atoms with Gasteiger partial charge in [0.15, 0.2) is 0 Å². The largest absolute Gasteiger partial charge is 0.352 e. The van der Waals surface area contributed by atoms with Crippen LogP contribution >= 0.6 is 15.9 Å².